The minimum atomic E-state index is -0.142. The molecule has 0 bridgehead atoms. The van der Waals surface area contributed by atoms with Crippen molar-refractivity contribution in [2.24, 2.45) is 0 Å². The lowest BCUT2D eigenvalue weighted by Gasteiger charge is -2.18. The molecule has 0 amide bonds. The van der Waals surface area contributed by atoms with Gasteiger partial charge in [0.25, 0.3) is 0 Å². The average Bonchev–Trinajstić information content (AvgIpc) is 2.43. The Morgan fingerprint density at radius 2 is 1.89 bits per heavy atom. The Bertz CT molecular complexity index is 329. The maximum absolute atomic E-state index is 5.79. The number of hydrogen-bond acceptors (Lipinski definition) is 2. The molecule has 0 saturated heterocycles. The Morgan fingerprint density at radius 3 is 2.44 bits per heavy atom. The summed E-state index contributed by atoms with van der Waals surface area (Å²) in [5.74, 6) is 0.850. The summed E-state index contributed by atoms with van der Waals surface area (Å²) in [5.41, 5.74) is 1.10. The fourth-order valence-electron chi connectivity index (χ4n) is 1.64. The smallest absolute Gasteiger partial charge is 0.199 e. The molecule has 18 heavy (non-hydrogen) atoms. The third-order valence-corrected chi connectivity index (χ3v) is 2.77. The largest absolute Gasteiger partial charge is 0.465 e. The molecule has 1 rings (SSSR count). The Balaban J connectivity index is 2.38. The van der Waals surface area contributed by atoms with Crippen LogP contribution in [0.25, 0.3) is 6.08 Å². The molecule has 0 aromatic heterocycles. The summed E-state index contributed by atoms with van der Waals surface area (Å²) in [7, 11) is 0. The van der Waals surface area contributed by atoms with Crippen LogP contribution in [-0.4, -0.2) is 12.9 Å². The molecule has 1 aromatic carbocycles. The quantitative estimate of drug-likeness (QED) is 0.468. The van der Waals surface area contributed by atoms with Crippen LogP contribution in [0.3, 0.4) is 0 Å². The molecule has 0 saturated carbocycles. The highest BCUT2D eigenvalue weighted by molar-refractivity contribution is 5.48. The molecule has 2 heteroatoms. The van der Waals surface area contributed by atoms with E-state index in [1.165, 1.54) is 12.8 Å². The van der Waals surface area contributed by atoms with Crippen molar-refractivity contribution < 1.29 is 9.47 Å². The van der Waals surface area contributed by atoms with E-state index < -0.39 is 0 Å². The van der Waals surface area contributed by atoms with Crippen LogP contribution < -0.4 is 4.74 Å². The molecule has 2 nitrogen and oxygen atoms in total. The van der Waals surface area contributed by atoms with Crippen LogP contribution in [0.15, 0.2) is 30.8 Å². The van der Waals surface area contributed by atoms with Crippen molar-refractivity contribution in [3.05, 3.63) is 36.4 Å². The van der Waals surface area contributed by atoms with E-state index in [0.717, 1.165) is 30.8 Å². The number of hydrogen-bond donors (Lipinski definition) is 0. The van der Waals surface area contributed by atoms with E-state index >= 15 is 0 Å². The van der Waals surface area contributed by atoms with Gasteiger partial charge in [0.05, 0.1) is 6.61 Å². The number of unbranched alkanes of at least 4 members (excludes halogenated alkanes) is 2. The molecule has 1 unspecified atom stereocenters. The number of benzene rings is 1. The van der Waals surface area contributed by atoms with E-state index in [0.29, 0.717) is 0 Å². The van der Waals surface area contributed by atoms with E-state index in [4.69, 9.17) is 9.47 Å². The molecule has 0 heterocycles. The van der Waals surface area contributed by atoms with Crippen LogP contribution >= 0.6 is 0 Å². The lowest BCUT2D eigenvalue weighted by molar-refractivity contribution is -0.0825. The van der Waals surface area contributed by atoms with Crippen LogP contribution in [0.1, 0.15) is 45.1 Å². The molecule has 1 aromatic rings. The highest BCUT2D eigenvalue weighted by Crippen LogP contribution is 2.16. The predicted octanol–water partition coefficient (Wildman–Crippen LogP) is 4.65. The Morgan fingerprint density at radius 1 is 1.17 bits per heavy atom. The van der Waals surface area contributed by atoms with Gasteiger partial charge in [-0.1, -0.05) is 51.5 Å². The predicted molar refractivity (Wildman–Crippen MR) is 76.7 cm³/mol. The van der Waals surface area contributed by atoms with E-state index in [1.54, 1.807) is 0 Å². The topological polar surface area (TPSA) is 18.5 Å². The SMILES string of the molecule is C=Cc1ccc(OC(CC)OCCCCC)cc1. The molecule has 100 valence electrons. The van der Waals surface area contributed by atoms with E-state index in [1.807, 2.05) is 30.3 Å². The molecule has 0 fully saturated rings. The fraction of sp³-hybridized carbons (Fsp3) is 0.500. The second kappa shape index (κ2) is 8.76. The Kier molecular flexibility index (Phi) is 7.19. The van der Waals surface area contributed by atoms with Crippen LogP contribution in [0.5, 0.6) is 5.75 Å². The van der Waals surface area contributed by atoms with Crippen molar-refractivity contribution in [1.82, 2.24) is 0 Å². The van der Waals surface area contributed by atoms with Crippen molar-refractivity contribution in [2.75, 3.05) is 6.61 Å². The molecule has 0 N–H and O–H groups in total. The molecule has 0 aliphatic carbocycles. The van der Waals surface area contributed by atoms with Gasteiger partial charge in [-0.05, 0) is 24.1 Å². The fourth-order valence-corrected chi connectivity index (χ4v) is 1.64. The molecular formula is C16H24O2. The van der Waals surface area contributed by atoms with Gasteiger partial charge in [-0.3, -0.25) is 0 Å². The lowest BCUT2D eigenvalue weighted by Crippen LogP contribution is -2.20. The van der Waals surface area contributed by atoms with E-state index in [9.17, 15) is 0 Å². The Hall–Kier alpha value is -1.28. The molecule has 0 aliphatic heterocycles. The average molecular weight is 248 g/mol. The van der Waals surface area contributed by atoms with Crippen LogP contribution in [0.4, 0.5) is 0 Å². The molecule has 1 atom stereocenters. The second-order valence-corrected chi connectivity index (χ2v) is 4.31. The standard InChI is InChI=1S/C16H24O2/c1-4-7-8-13-17-16(6-3)18-15-11-9-14(5-2)10-12-15/h5,9-12,16H,2,4,6-8,13H2,1,3H3. The molecule has 0 spiro atoms. The first-order chi connectivity index (χ1) is 8.80. The summed E-state index contributed by atoms with van der Waals surface area (Å²) < 4.78 is 11.5. The van der Waals surface area contributed by atoms with Crippen LogP contribution in [0, 0.1) is 0 Å². The summed E-state index contributed by atoms with van der Waals surface area (Å²) in [6.45, 7) is 8.77. The van der Waals surface area contributed by atoms with Gasteiger partial charge in [0.1, 0.15) is 5.75 Å². The monoisotopic (exact) mass is 248 g/mol. The van der Waals surface area contributed by atoms with Crippen LogP contribution in [0.2, 0.25) is 0 Å². The summed E-state index contributed by atoms with van der Waals surface area (Å²) >= 11 is 0. The zero-order chi connectivity index (χ0) is 13.2. The molecule has 0 aliphatic rings. The van der Waals surface area contributed by atoms with Gasteiger partial charge in [-0.25, -0.2) is 0 Å². The van der Waals surface area contributed by atoms with Crippen LogP contribution in [-0.2, 0) is 4.74 Å². The summed E-state index contributed by atoms with van der Waals surface area (Å²) in [4.78, 5) is 0. The lowest BCUT2D eigenvalue weighted by atomic mass is 10.2. The highest BCUT2D eigenvalue weighted by atomic mass is 16.7. The maximum Gasteiger partial charge on any atom is 0.199 e. The zero-order valence-corrected chi connectivity index (χ0v) is 11.5. The van der Waals surface area contributed by atoms with Crippen molar-refractivity contribution in [3.8, 4) is 5.75 Å². The first-order valence-corrected chi connectivity index (χ1v) is 6.80. The van der Waals surface area contributed by atoms with Crippen molar-refractivity contribution in [2.45, 2.75) is 45.8 Å². The van der Waals surface area contributed by atoms with Gasteiger partial charge in [0, 0.05) is 6.42 Å². The summed E-state index contributed by atoms with van der Waals surface area (Å²) in [6, 6.07) is 7.89. The molecular weight excluding hydrogens is 224 g/mol. The van der Waals surface area contributed by atoms with E-state index in [-0.39, 0.29) is 6.29 Å². The zero-order valence-electron chi connectivity index (χ0n) is 11.5. The van der Waals surface area contributed by atoms with Gasteiger partial charge < -0.3 is 9.47 Å². The Labute approximate surface area is 111 Å². The normalized spacial score (nSPS) is 12.1. The highest BCUT2D eigenvalue weighted by Gasteiger charge is 2.07. The number of ether oxygens (including phenoxy) is 2. The third kappa shape index (κ3) is 5.37. The minimum Gasteiger partial charge on any atom is -0.465 e. The summed E-state index contributed by atoms with van der Waals surface area (Å²) in [6.07, 6.45) is 6.06. The third-order valence-electron chi connectivity index (χ3n) is 2.77. The van der Waals surface area contributed by atoms with Crippen molar-refractivity contribution >= 4 is 6.08 Å². The number of rotatable bonds is 9. The summed E-state index contributed by atoms with van der Waals surface area (Å²) in [5, 5.41) is 0. The molecule has 0 radical (unpaired) electrons. The van der Waals surface area contributed by atoms with Gasteiger partial charge in [0.15, 0.2) is 6.29 Å². The van der Waals surface area contributed by atoms with Gasteiger partial charge in [-0.15, -0.1) is 0 Å². The first kappa shape index (κ1) is 14.8. The van der Waals surface area contributed by atoms with Crippen molar-refractivity contribution in [3.63, 3.8) is 0 Å². The van der Waals surface area contributed by atoms with Gasteiger partial charge in [0.2, 0.25) is 0 Å². The van der Waals surface area contributed by atoms with E-state index in [2.05, 4.69) is 20.4 Å². The maximum atomic E-state index is 5.79. The second-order valence-electron chi connectivity index (χ2n) is 4.31. The first-order valence-electron chi connectivity index (χ1n) is 6.80. The van der Waals surface area contributed by atoms with Gasteiger partial charge >= 0.3 is 0 Å². The van der Waals surface area contributed by atoms with Gasteiger partial charge in [-0.2, -0.15) is 0 Å². The van der Waals surface area contributed by atoms with Crippen molar-refractivity contribution in [1.29, 1.82) is 0 Å². The minimum absolute atomic E-state index is 0.142.